The molecule has 0 radical (unpaired) electrons. The van der Waals surface area contributed by atoms with Crippen LogP contribution in [0.2, 0.25) is 0 Å². The van der Waals surface area contributed by atoms with Crippen LogP contribution in [0.5, 0.6) is 0 Å². The van der Waals surface area contributed by atoms with Gasteiger partial charge in [0.05, 0.1) is 0 Å². The molecule has 1 aliphatic rings. The SMILES string of the molecule is O=C1CCSC[C@@H](C(=O)O)NC(=O)CC1. The number of aliphatic carboxylic acids is 1. The van der Waals surface area contributed by atoms with Gasteiger partial charge in [-0.15, -0.1) is 0 Å². The molecule has 0 unspecified atom stereocenters. The minimum atomic E-state index is -1.03. The van der Waals surface area contributed by atoms with Crippen molar-refractivity contribution in [1.82, 2.24) is 5.32 Å². The second-order valence-corrected chi connectivity index (χ2v) is 4.47. The van der Waals surface area contributed by atoms with E-state index in [1.165, 1.54) is 11.8 Å². The highest BCUT2D eigenvalue weighted by Gasteiger charge is 2.21. The Hall–Kier alpha value is -1.04. The number of rotatable bonds is 1. The number of ketones is 1. The van der Waals surface area contributed by atoms with Crippen molar-refractivity contribution in [3.05, 3.63) is 0 Å². The predicted molar refractivity (Wildman–Crippen MR) is 55.7 cm³/mol. The molecule has 84 valence electrons. The first kappa shape index (κ1) is 12.0. The van der Waals surface area contributed by atoms with Gasteiger partial charge in [0.1, 0.15) is 11.8 Å². The second kappa shape index (κ2) is 5.75. The smallest absolute Gasteiger partial charge is 0.327 e. The van der Waals surface area contributed by atoms with Crippen molar-refractivity contribution in [2.24, 2.45) is 0 Å². The standard InChI is InChI=1S/C9H13NO4S/c11-6-1-2-8(12)10-7(9(13)14)5-15-4-3-6/h7H,1-5H2,(H,10,12)(H,13,14)/t7-/m0/s1. The van der Waals surface area contributed by atoms with Crippen LogP contribution < -0.4 is 5.32 Å². The average molecular weight is 231 g/mol. The lowest BCUT2D eigenvalue weighted by Crippen LogP contribution is -2.43. The molecule has 0 aromatic rings. The van der Waals surface area contributed by atoms with Crippen molar-refractivity contribution in [1.29, 1.82) is 0 Å². The van der Waals surface area contributed by atoms with Gasteiger partial charge in [-0.25, -0.2) is 4.79 Å². The lowest BCUT2D eigenvalue weighted by Gasteiger charge is -2.15. The summed E-state index contributed by atoms with van der Waals surface area (Å²) >= 11 is 1.38. The number of Topliss-reactive ketones (excluding diaryl/α,β-unsaturated/α-hetero) is 1. The Morgan fingerprint density at radius 3 is 2.73 bits per heavy atom. The molecule has 0 aromatic heterocycles. The largest absolute Gasteiger partial charge is 0.480 e. The van der Waals surface area contributed by atoms with E-state index in [4.69, 9.17) is 5.11 Å². The number of carboxylic acid groups (broad SMARTS) is 1. The first-order chi connectivity index (χ1) is 7.09. The molecule has 1 heterocycles. The Morgan fingerprint density at radius 1 is 1.33 bits per heavy atom. The number of thioether (sulfide) groups is 1. The van der Waals surface area contributed by atoms with Crippen molar-refractivity contribution in [3.63, 3.8) is 0 Å². The van der Waals surface area contributed by atoms with Crippen LogP contribution in [0.25, 0.3) is 0 Å². The number of amides is 1. The fourth-order valence-corrected chi connectivity index (χ4v) is 2.21. The van der Waals surface area contributed by atoms with Gasteiger partial charge in [-0.05, 0) is 0 Å². The van der Waals surface area contributed by atoms with Crippen LogP contribution in [0.4, 0.5) is 0 Å². The van der Waals surface area contributed by atoms with Gasteiger partial charge in [0.2, 0.25) is 5.91 Å². The van der Waals surface area contributed by atoms with Gasteiger partial charge in [0.25, 0.3) is 0 Å². The Morgan fingerprint density at radius 2 is 2.07 bits per heavy atom. The van der Waals surface area contributed by atoms with Crippen LogP contribution in [0, 0.1) is 0 Å². The summed E-state index contributed by atoms with van der Waals surface area (Å²) in [4.78, 5) is 33.1. The molecule has 1 aliphatic heterocycles. The van der Waals surface area contributed by atoms with Crippen molar-refractivity contribution >= 4 is 29.4 Å². The molecule has 1 rings (SSSR count). The fourth-order valence-electron chi connectivity index (χ4n) is 1.21. The lowest BCUT2D eigenvalue weighted by molar-refractivity contribution is -0.141. The molecule has 1 atom stereocenters. The zero-order chi connectivity index (χ0) is 11.3. The zero-order valence-electron chi connectivity index (χ0n) is 8.19. The van der Waals surface area contributed by atoms with Crippen LogP contribution in [-0.4, -0.2) is 40.3 Å². The Balaban J connectivity index is 2.55. The molecule has 0 saturated carbocycles. The molecule has 1 amide bonds. The van der Waals surface area contributed by atoms with E-state index in [0.29, 0.717) is 17.9 Å². The Kier molecular flexibility index (Phi) is 4.61. The van der Waals surface area contributed by atoms with Gasteiger partial charge in [-0.2, -0.15) is 11.8 Å². The predicted octanol–water partition coefficient (Wildman–Crippen LogP) is 0.0420. The number of hydrogen-bond donors (Lipinski definition) is 2. The van der Waals surface area contributed by atoms with Gasteiger partial charge in [0.15, 0.2) is 0 Å². The molecular formula is C9H13NO4S. The quantitative estimate of drug-likeness (QED) is 0.666. The molecule has 5 nitrogen and oxygen atoms in total. The maximum absolute atomic E-state index is 11.2. The van der Waals surface area contributed by atoms with Crippen molar-refractivity contribution in [2.75, 3.05) is 11.5 Å². The maximum atomic E-state index is 11.2. The highest BCUT2D eigenvalue weighted by molar-refractivity contribution is 7.99. The van der Waals surface area contributed by atoms with E-state index in [2.05, 4.69) is 5.32 Å². The van der Waals surface area contributed by atoms with E-state index >= 15 is 0 Å². The summed E-state index contributed by atoms with van der Waals surface area (Å²) in [5, 5.41) is 11.2. The summed E-state index contributed by atoms with van der Waals surface area (Å²) in [6.07, 6.45) is 0.719. The first-order valence-electron chi connectivity index (χ1n) is 4.71. The van der Waals surface area contributed by atoms with Crippen LogP contribution in [0.15, 0.2) is 0 Å². The zero-order valence-corrected chi connectivity index (χ0v) is 9.01. The van der Waals surface area contributed by atoms with Crippen LogP contribution in [0.3, 0.4) is 0 Å². The monoisotopic (exact) mass is 231 g/mol. The second-order valence-electron chi connectivity index (χ2n) is 3.32. The minimum absolute atomic E-state index is 0.0615. The van der Waals surface area contributed by atoms with Crippen LogP contribution >= 0.6 is 11.8 Å². The van der Waals surface area contributed by atoms with Crippen molar-refractivity contribution < 1.29 is 19.5 Å². The molecule has 0 aliphatic carbocycles. The Labute approximate surface area is 91.6 Å². The van der Waals surface area contributed by atoms with Crippen molar-refractivity contribution in [2.45, 2.75) is 25.3 Å². The number of nitrogens with one attached hydrogen (secondary N) is 1. The molecule has 2 N–H and O–H groups in total. The summed E-state index contributed by atoms with van der Waals surface area (Å²) in [6.45, 7) is 0. The van der Waals surface area contributed by atoms with E-state index in [9.17, 15) is 14.4 Å². The summed E-state index contributed by atoms with van der Waals surface area (Å²) in [7, 11) is 0. The van der Waals surface area contributed by atoms with E-state index in [1.54, 1.807) is 0 Å². The number of carboxylic acids is 1. The Bertz CT molecular complexity index is 279. The third kappa shape index (κ3) is 4.33. The van der Waals surface area contributed by atoms with Crippen molar-refractivity contribution in [3.8, 4) is 0 Å². The maximum Gasteiger partial charge on any atom is 0.327 e. The molecule has 15 heavy (non-hydrogen) atoms. The van der Waals surface area contributed by atoms with E-state index in [1.807, 2.05) is 0 Å². The number of carbonyl (C=O) groups is 3. The minimum Gasteiger partial charge on any atom is -0.480 e. The fraction of sp³-hybridized carbons (Fsp3) is 0.667. The van der Waals surface area contributed by atoms with E-state index in [-0.39, 0.29) is 24.5 Å². The number of hydrogen-bond acceptors (Lipinski definition) is 4. The summed E-state index contributed by atoms with van der Waals surface area (Å²) in [5.41, 5.74) is 0. The van der Waals surface area contributed by atoms with Gasteiger partial charge in [0, 0.05) is 30.8 Å². The van der Waals surface area contributed by atoms with Gasteiger partial charge in [-0.3, -0.25) is 9.59 Å². The van der Waals surface area contributed by atoms with Gasteiger partial charge in [-0.1, -0.05) is 0 Å². The molecule has 1 fully saturated rings. The third-order valence-corrected chi connectivity index (χ3v) is 3.14. The van der Waals surface area contributed by atoms with Crippen LogP contribution in [0.1, 0.15) is 19.3 Å². The van der Waals surface area contributed by atoms with Gasteiger partial charge < -0.3 is 10.4 Å². The summed E-state index contributed by atoms with van der Waals surface area (Å²) in [6, 6.07) is -0.837. The first-order valence-corrected chi connectivity index (χ1v) is 5.86. The molecule has 0 bridgehead atoms. The molecule has 0 spiro atoms. The van der Waals surface area contributed by atoms with E-state index in [0.717, 1.165) is 0 Å². The topological polar surface area (TPSA) is 83.5 Å². The highest BCUT2D eigenvalue weighted by atomic mass is 32.2. The van der Waals surface area contributed by atoms with E-state index < -0.39 is 12.0 Å². The van der Waals surface area contributed by atoms with Crippen LogP contribution in [-0.2, 0) is 14.4 Å². The molecule has 1 saturated heterocycles. The summed E-state index contributed by atoms with van der Waals surface area (Å²) in [5.74, 6) is -0.389. The molecular weight excluding hydrogens is 218 g/mol. The van der Waals surface area contributed by atoms with Gasteiger partial charge >= 0.3 is 5.97 Å². The summed E-state index contributed by atoms with van der Waals surface area (Å²) < 4.78 is 0. The lowest BCUT2D eigenvalue weighted by atomic mass is 10.1. The highest BCUT2D eigenvalue weighted by Crippen LogP contribution is 2.09. The number of carbonyl (C=O) groups excluding carboxylic acids is 2. The average Bonchev–Trinajstić information content (AvgIpc) is 2.19. The third-order valence-electron chi connectivity index (χ3n) is 2.07. The molecule has 0 aromatic carbocycles. The normalized spacial score (nSPS) is 24.4. The molecule has 6 heteroatoms.